The number of likely N-dealkylation sites (tertiary alicyclic amines) is 1. The monoisotopic (exact) mass is 395 g/mol. The zero-order valence-corrected chi connectivity index (χ0v) is 17.7. The Morgan fingerprint density at radius 3 is 2.00 bits per heavy atom. The smallest absolute Gasteiger partial charge is 0.222 e. The largest absolute Gasteiger partial charge is 0.370 e. The third-order valence-electron chi connectivity index (χ3n) is 5.43. The van der Waals surface area contributed by atoms with E-state index in [9.17, 15) is 14.4 Å². The van der Waals surface area contributed by atoms with Crippen LogP contribution >= 0.6 is 0 Å². The lowest BCUT2D eigenvalue weighted by Gasteiger charge is -2.20. The lowest BCUT2D eigenvalue weighted by Crippen LogP contribution is -2.31. The van der Waals surface area contributed by atoms with Crippen LogP contribution in [0.2, 0.25) is 0 Å². The molecule has 0 radical (unpaired) electrons. The molecule has 28 heavy (non-hydrogen) atoms. The molecule has 0 aromatic rings. The molecular weight excluding hydrogens is 354 g/mol. The number of carbonyl (C=O) groups excluding carboxylic acids is 3. The minimum atomic E-state index is -0.201. The summed E-state index contributed by atoms with van der Waals surface area (Å²) >= 11 is 0. The van der Waals surface area contributed by atoms with Crippen LogP contribution in [-0.2, 0) is 14.4 Å². The zero-order chi connectivity index (χ0) is 20.5. The van der Waals surface area contributed by atoms with Gasteiger partial charge in [-0.25, -0.2) is 0 Å². The molecule has 6 heteroatoms. The van der Waals surface area contributed by atoms with Crippen molar-refractivity contribution in [2.75, 3.05) is 19.6 Å². The van der Waals surface area contributed by atoms with Gasteiger partial charge in [0, 0.05) is 38.9 Å². The van der Waals surface area contributed by atoms with Crippen LogP contribution in [0.25, 0.3) is 0 Å². The first-order valence-electron chi connectivity index (χ1n) is 11.4. The fourth-order valence-electron chi connectivity index (χ4n) is 3.66. The van der Waals surface area contributed by atoms with E-state index < -0.39 is 0 Å². The maximum atomic E-state index is 12.0. The predicted molar refractivity (Wildman–Crippen MR) is 113 cm³/mol. The molecule has 3 N–H and O–H groups in total. The summed E-state index contributed by atoms with van der Waals surface area (Å²) in [6.07, 6.45) is 16.7. The van der Waals surface area contributed by atoms with Gasteiger partial charge < -0.3 is 16.0 Å². The van der Waals surface area contributed by atoms with E-state index in [-0.39, 0.29) is 11.8 Å². The fraction of sp³-hybridized carbons (Fsp3) is 0.864. The highest BCUT2D eigenvalue weighted by atomic mass is 16.2. The first-order chi connectivity index (χ1) is 13.6. The highest BCUT2D eigenvalue weighted by Gasteiger charge is 2.14. The number of nitrogens with one attached hydrogen (secondary N) is 1. The van der Waals surface area contributed by atoms with Crippen molar-refractivity contribution in [2.45, 2.75) is 103 Å². The minimum Gasteiger partial charge on any atom is -0.370 e. The minimum absolute atomic E-state index is 0.201. The summed E-state index contributed by atoms with van der Waals surface area (Å²) in [5.74, 6) is 0.371. The lowest BCUT2D eigenvalue weighted by atomic mass is 10.1. The second kappa shape index (κ2) is 16.4. The summed E-state index contributed by atoms with van der Waals surface area (Å²) in [5, 5.41) is 2.81. The van der Waals surface area contributed by atoms with Crippen molar-refractivity contribution < 1.29 is 14.4 Å². The Hall–Kier alpha value is -1.59. The van der Waals surface area contributed by atoms with E-state index in [4.69, 9.17) is 5.73 Å². The second-order valence-corrected chi connectivity index (χ2v) is 8.04. The maximum absolute atomic E-state index is 12.0. The van der Waals surface area contributed by atoms with E-state index in [0.717, 1.165) is 77.4 Å². The Balaban J connectivity index is 0.000000406. The molecule has 0 atom stereocenters. The molecule has 2 rings (SSSR count). The standard InChI is InChI=1S/C16H30N2O2.C6H11NO/c17-15(19)11-7-3-1-2-4-8-12-16(20)18-13-9-5-6-10-14-18;8-6-4-2-1-3-5-7-6/h1-14H2,(H2,17,19);1-5H2,(H,7,8). The molecule has 2 saturated heterocycles. The quantitative estimate of drug-likeness (QED) is 0.583. The van der Waals surface area contributed by atoms with Crippen molar-refractivity contribution in [1.29, 1.82) is 0 Å². The lowest BCUT2D eigenvalue weighted by molar-refractivity contribution is -0.131. The molecular formula is C22H41N3O3. The van der Waals surface area contributed by atoms with Crippen molar-refractivity contribution in [3.8, 4) is 0 Å². The van der Waals surface area contributed by atoms with Gasteiger partial charge in [-0.05, 0) is 38.5 Å². The normalized spacial score (nSPS) is 17.6. The summed E-state index contributed by atoms with van der Waals surface area (Å²) in [7, 11) is 0. The van der Waals surface area contributed by atoms with Crippen molar-refractivity contribution in [3.05, 3.63) is 0 Å². The molecule has 162 valence electrons. The molecule has 0 unspecified atom stereocenters. The van der Waals surface area contributed by atoms with Crippen molar-refractivity contribution in [1.82, 2.24) is 10.2 Å². The second-order valence-electron chi connectivity index (χ2n) is 8.04. The van der Waals surface area contributed by atoms with Crippen molar-refractivity contribution in [2.24, 2.45) is 5.73 Å². The number of amides is 3. The highest BCUT2D eigenvalue weighted by molar-refractivity contribution is 5.76. The molecule has 0 aromatic heterocycles. The van der Waals surface area contributed by atoms with E-state index in [1.54, 1.807) is 0 Å². The molecule has 0 bridgehead atoms. The number of carbonyl (C=O) groups is 3. The molecule has 2 aliphatic rings. The Bertz CT molecular complexity index is 436. The van der Waals surface area contributed by atoms with Gasteiger partial charge in [-0.3, -0.25) is 14.4 Å². The van der Waals surface area contributed by atoms with Crippen LogP contribution in [0.15, 0.2) is 0 Å². The zero-order valence-electron chi connectivity index (χ0n) is 17.7. The molecule has 2 fully saturated rings. The van der Waals surface area contributed by atoms with E-state index in [1.165, 1.54) is 32.1 Å². The Labute approximate surface area is 171 Å². The van der Waals surface area contributed by atoms with E-state index in [0.29, 0.717) is 18.7 Å². The Morgan fingerprint density at radius 2 is 1.36 bits per heavy atom. The summed E-state index contributed by atoms with van der Waals surface area (Å²) < 4.78 is 0. The van der Waals surface area contributed by atoms with Crippen LogP contribution in [0.5, 0.6) is 0 Å². The predicted octanol–water partition coefficient (Wildman–Crippen LogP) is 3.67. The SMILES string of the molecule is NC(=O)CCCCCCCCC(=O)N1CCCCCC1.O=C1CCCCCN1. The maximum Gasteiger partial charge on any atom is 0.222 e. The molecule has 2 heterocycles. The molecule has 6 nitrogen and oxygen atoms in total. The molecule has 0 aromatic carbocycles. The Kier molecular flexibility index (Phi) is 14.3. The van der Waals surface area contributed by atoms with Gasteiger partial charge in [0.2, 0.25) is 17.7 Å². The average molecular weight is 396 g/mol. The first kappa shape index (κ1) is 24.4. The molecule has 3 amide bonds. The van der Waals surface area contributed by atoms with Gasteiger partial charge in [0.15, 0.2) is 0 Å². The number of primary amides is 1. The summed E-state index contributed by atoms with van der Waals surface area (Å²) in [6, 6.07) is 0. The van der Waals surface area contributed by atoms with Crippen molar-refractivity contribution in [3.63, 3.8) is 0 Å². The molecule has 0 aliphatic carbocycles. The highest BCUT2D eigenvalue weighted by Crippen LogP contribution is 2.13. The van der Waals surface area contributed by atoms with Gasteiger partial charge in [-0.15, -0.1) is 0 Å². The number of hydrogen-bond acceptors (Lipinski definition) is 3. The van der Waals surface area contributed by atoms with E-state index in [2.05, 4.69) is 10.2 Å². The number of nitrogens with two attached hydrogens (primary N) is 1. The van der Waals surface area contributed by atoms with Crippen LogP contribution < -0.4 is 11.1 Å². The fourth-order valence-corrected chi connectivity index (χ4v) is 3.66. The third kappa shape index (κ3) is 13.6. The molecule has 2 aliphatic heterocycles. The molecule has 0 saturated carbocycles. The number of unbranched alkanes of at least 4 members (excludes halogenated alkanes) is 5. The number of nitrogens with zero attached hydrogens (tertiary/aromatic N) is 1. The summed E-state index contributed by atoms with van der Waals surface area (Å²) in [4.78, 5) is 35.2. The van der Waals surface area contributed by atoms with Crippen LogP contribution in [0.4, 0.5) is 0 Å². The van der Waals surface area contributed by atoms with Crippen molar-refractivity contribution >= 4 is 17.7 Å². The van der Waals surface area contributed by atoms with Gasteiger partial charge >= 0.3 is 0 Å². The van der Waals surface area contributed by atoms with Crippen LogP contribution in [0.1, 0.15) is 103 Å². The van der Waals surface area contributed by atoms with Crippen LogP contribution in [0, 0.1) is 0 Å². The topological polar surface area (TPSA) is 92.5 Å². The number of rotatable bonds is 9. The Morgan fingerprint density at radius 1 is 0.786 bits per heavy atom. The van der Waals surface area contributed by atoms with Gasteiger partial charge in [0.1, 0.15) is 0 Å². The van der Waals surface area contributed by atoms with Gasteiger partial charge in [-0.2, -0.15) is 0 Å². The molecule has 0 spiro atoms. The van der Waals surface area contributed by atoms with E-state index >= 15 is 0 Å². The van der Waals surface area contributed by atoms with Gasteiger partial charge in [-0.1, -0.05) is 44.9 Å². The van der Waals surface area contributed by atoms with Gasteiger partial charge in [0.25, 0.3) is 0 Å². The van der Waals surface area contributed by atoms with Gasteiger partial charge in [0.05, 0.1) is 0 Å². The van der Waals surface area contributed by atoms with E-state index in [1.807, 2.05) is 0 Å². The first-order valence-corrected chi connectivity index (χ1v) is 11.4. The summed E-state index contributed by atoms with van der Waals surface area (Å²) in [6.45, 7) is 2.82. The summed E-state index contributed by atoms with van der Waals surface area (Å²) in [5.41, 5.74) is 5.09. The third-order valence-corrected chi connectivity index (χ3v) is 5.43. The number of hydrogen-bond donors (Lipinski definition) is 2. The van der Waals surface area contributed by atoms with Crippen LogP contribution in [-0.4, -0.2) is 42.3 Å². The average Bonchev–Trinajstić information content (AvgIpc) is 3.08. The van der Waals surface area contributed by atoms with Crippen LogP contribution in [0.3, 0.4) is 0 Å².